The summed E-state index contributed by atoms with van der Waals surface area (Å²) in [5, 5.41) is 7.58. The van der Waals surface area contributed by atoms with Crippen molar-refractivity contribution < 1.29 is 9.13 Å². The van der Waals surface area contributed by atoms with Gasteiger partial charge in [-0.25, -0.2) is 14.4 Å². The molecular formula is C34H49FN6O2. The largest absolute Gasteiger partial charge is 0.497 e. The van der Waals surface area contributed by atoms with Crippen molar-refractivity contribution in [1.82, 2.24) is 19.8 Å². The number of piperazine rings is 1. The lowest BCUT2D eigenvalue weighted by Gasteiger charge is -2.39. The van der Waals surface area contributed by atoms with E-state index < -0.39 is 0 Å². The van der Waals surface area contributed by atoms with Crippen LogP contribution in [0, 0.1) is 17.2 Å². The van der Waals surface area contributed by atoms with Crippen molar-refractivity contribution >= 4 is 22.5 Å². The van der Waals surface area contributed by atoms with E-state index in [1.807, 2.05) is 32.0 Å². The van der Waals surface area contributed by atoms with Gasteiger partial charge in [0.2, 0.25) is 0 Å². The number of aryl methyl sites for hydroxylation is 2. The van der Waals surface area contributed by atoms with Crippen molar-refractivity contribution in [3.8, 4) is 5.75 Å². The Balaban J connectivity index is 0.00000207. The van der Waals surface area contributed by atoms with E-state index in [1.165, 1.54) is 26.0 Å². The average Bonchev–Trinajstić information content (AvgIpc) is 3.00. The highest BCUT2D eigenvalue weighted by molar-refractivity contribution is 5.96. The maximum Gasteiger partial charge on any atom is 0.261 e. The van der Waals surface area contributed by atoms with Crippen molar-refractivity contribution in [2.75, 3.05) is 38.6 Å². The third kappa shape index (κ3) is 7.93. The highest BCUT2D eigenvalue weighted by Crippen LogP contribution is 2.40. The van der Waals surface area contributed by atoms with Gasteiger partial charge >= 0.3 is 0 Å². The molecule has 2 unspecified atom stereocenters. The smallest absolute Gasteiger partial charge is 0.261 e. The van der Waals surface area contributed by atoms with Crippen LogP contribution in [0.1, 0.15) is 65.3 Å². The lowest BCUT2D eigenvalue weighted by molar-refractivity contribution is 0.169. The Morgan fingerprint density at radius 1 is 1.16 bits per heavy atom. The number of guanidine groups is 1. The molecule has 2 heterocycles. The van der Waals surface area contributed by atoms with Crippen LogP contribution < -0.4 is 20.9 Å². The molecule has 5 rings (SSSR count). The van der Waals surface area contributed by atoms with Crippen molar-refractivity contribution in [2.24, 2.45) is 23.4 Å². The molecule has 2 aliphatic rings. The molecule has 2 N–H and O–H groups in total. The van der Waals surface area contributed by atoms with Crippen LogP contribution in [0.15, 0.2) is 46.2 Å². The zero-order chi connectivity index (χ0) is 31.1. The van der Waals surface area contributed by atoms with E-state index in [2.05, 4.69) is 36.3 Å². The Hall–Kier alpha value is -3.46. The molecule has 1 saturated carbocycles. The van der Waals surface area contributed by atoms with E-state index in [9.17, 15) is 9.18 Å². The minimum atomic E-state index is -0.322. The minimum Gasteiger partial charge on any atom is -0.497 e. The van der Waals surface area contributed by atoms with Crippen LogP contribution in [-0.4, -0.2) is 59.7 Å². The van der Waals surface area contributed by atoms with Crippen LogP contribution in [0.5, 0.6) is 5.75 Å². The lowest BCUT2D eigenvalue weighted by Crippen LogP contribution is -2.49. The van der Waals surface area contributed by atoms with Crippen molar-refractivity contribution in [3.63, 3.8) is 0 Å². The number of anilines is 1. The number of hydrogen-bond acceptors (Lipinski definition) is 5. The first-order valence-electron chi connectivity index (χ1n) is 15.8. The van der Waals surface area contributed by atoms with Gasteiger partial charge in [0.25, 0.3) is 5.56 Å². The van der Waals surface area contributed by atoms with E-state index in [-0.39, 0.29) is 17.4 Å². The standard InChI is InChI=1S/C32H43FN6O2.C2H6/c1-21-20-32(2,3)13-12-27(21)37-31(39-16-14-34-15-17-39)35-23-8-10-25-28(18-23)36-29(38(4)30(25)40)11-7-22-6-9-24(41-5)19-26(22)33;1-2/h6,8-10,18-19,21,27,34H,7,11-17,20H2,1-5H3,(H,35,37);1-2H3. The van der Waals surface area contributed by atoms with Gasteiger partial charge in [0.15, 0.2) is 5.96 Å². The maximum absolute atomic E-state index is 14.5. The van der Waals surface area contributed by atoms with Crippen molar-refractivity contribution in [2.45, 2.75) is 72.8 Å². The highest BCUT2D eigenvalue weighted by atomic mass is 19.1. The molecule has 2 atom stereocenters. The van der Waals surface area contributed by atoms with Gasteiger partial charge in [-0.1, -0.05) is 40.7 Å². The van der Waals surface area contributed by atoms with Gasteiger partial charge in [-0.3, -0.25) is 9.36 Å². The summed E-state index contributed by atoms with van der Waals surface area (Å²) in [4.78, 5) is 25.7. The molecule has 2 fully saturated rings. The number of aromatic nitrogens is 2. The Labute approximate surface area is 255 Å². The Morgan fingerprint density at radius 2 is 1.91 bits per heavy atom. The zero-order valence-electron chi connectivity index (χ0n) is 27.0. The summed E-state index contributed by atoms with van der Waals surface area (Å²) in [5.41, 5.74) is 2.29. The Bertz CT molecular complexity index is 1480. The second kappa shape index (κ2) is 14.3. The first-order valence-corrected chi connectivity index (χ1v) is 15.8. The summed E-state index contributed by atoms with van der Waals surface area (Å²) in [6.45, 7) is 14.6. The van der Waals surface area contributed by atoms with Gasteiger partial charge in [0, 0.05) is 51.4 Å². The number of nitrogens with one attached hydrogen (secondary N) is 2. The summed E-state index contributed by atoms with van der Waals surface area (Å²) < 4.78 is 21.2. The fraction of sp³-hybridized carbons (Fsp3) is 0.559. The second-order valence-corrected chi connectivity index (χ2v) is 12.3. The molecule has 1 saturated heterocycles. The quantitative estimate of drug-likeness (QED) is 0.279. The van der Waals surface area contributed by atoms with Gasteiger partial charge in [-0.05, 0) is 66.8 Å². The molecule has 8 nitrogen and oxygen atoms in total. The van der Waals surface area contributed by atoms with Crippen LogP contribution in [0.25, 0.3) is 10.9 Å². The molecule has 9 heteroatoms. The van der Waals surface area contributed by atoms with Crippen LogP contribution in [0.2, 0.25) is 0 Å². The molecule has 1 aliphatic carbocycles. The molecule has 1 aromatic heterocycles. The number of fused-ring (bicyclic) bond motifs is 1. The molecule has 2 aromatic carbocycles. The van der Waals surface area contributed by atoms with Crippen LogP contribution >= 0.6 is 0 Å². The van der Waals surface area contributed by atoms with E-state index in [4.69, 9.17) is 14.7 Å². The topological polar surface area (TPSA) is 83.8 Å². The summed E-state index contributed by atoms with van der Waals surface area (Å²) >= 11 is 0. The predicted octanol–water partition coefficient (Wildman–Crippen LogP) is 5.78. The SMILES string of the molecule is CC.COc1ccc(CCc2nc3cc(NC(=NC4CCC(C)(C)CC4C)N4CCNCC4)ccc3c(=O)n2C)c(F)c1. The Morgan fingerprint density at radius 3 is 2.58 bits per heavy atom. The number of ether oxygens (including phenoxy) is 1. The first-order chi connectivity index (χ1) is 20.6. The molecule has 234 valence electrons. The third-order valence-electron chi connectivity index (χ3n) is 8.66. The monoisotopic (exact) mass is 592 g/mol. The number of halogens is 1. The summed E-state index contributed by atoms with van der Waals surface area (Å²) in [5.74, 6) is 2.18. The van der Waals surface area contributed by atoms with E-state index in [1.54, 1.807) is 23.7 Å². The van der Waals surface area contributed by atoms with Gasteiger partial charge < -0.3 is 20.3 Å². The third-order valence-corrected chi connectivity index (χ3v) is 8.66. The second-order valence-electron chi connectivity index (χ2n) is 12.3. The molecule has 0 bridgehead atoms. The Kier molecular flexibility index (Phi) is 10.8. The fourth-order valence-corrected chi connectivity index (χ4v) is 6.20. The zero-order valence-corrected chi connectivity index (χ0v) is 27.0. The van der Waals surface area contributed by atoms with E-state index in [0.29, 0.717) is 52.2 Å². The van der Waals surface area contributed by atoms with Crippen LogP contribution in [0.3, 0.4) is 0 Å². The first kappa shape index (κ1) is 32.5. The highest BCUT2D eigenvalue weighted by Gasteiger charge is 2.33. The number of aliphatic imine (C=N–C) groups is 1. The molecule has 43 heavy (non-hydrogen) atoms. The fourth-order valence-electron chi connectivity index (χ4n) is 6.20. The van der Waals surface area contributed by atoms with Crippen molar-refractivity contribution in [3.05, 3.63) is 64.0 Å². The van der Waals surface area contributed by atoms with Crippen molar-refractivity contribution in [1.29, 1.82) is 0 Å². The molecule has 0 spiro atoms. The lowest BCUT2D eigenvalue weighted by atomic mass is 9.71. The maximum atomic E-state index is 14.5. The normalized spacial score (nSPS) is 20.4. The molecule has 3 aromatic rings. The van der Waals surface area contributed by atoms with Gasteiger partial charge in [-0.2, -0.15) is 0 Å². The van der Waals surface area contributed by atoms with Gasteiger partial charge in [0.05, 0.1) is 24.1 Å². The summed E-state index contributed by atoms with van der Waals surface area (Å²) in [6, 6.07) is 10.8. The van der Waals surface area contributed by atoms with E-state index in [0.717, 1.165) is 44.2 Å². The van der Waals surface area contributed by atoms with Gasteiger partial charge in [0.1, 0.15) is 17.4 Å². The van der Waals surface area contributed by atoms with E-state index >= 15 is 0 Å². The number of benzene rings is 2. The number of nitrogens with zero attached hydrogens (tertiary/aromatic N) is 4. The molecule has 0 amide bonds. The molecule has 1 aliphatic heterocycles. The van der Waals surface area contributed by atoms with Crippen LogP contribution in [0.4, 0.5) is 10.1 Å². The summed E-state index contributed by atoms with van der Waals surface area (Å²) in [7, 11) is 3.24. The average molecular weight is 593 g/mol. The predicted molar refractivity (Wildman–Crippen MR) is 175 cm³/mol. The number of methoxy groups -OCH3 is 1. The number of rotatable bonds is 6. The van der Waals surface area contributed by atoms with Crippen LogP contribution in [-0.2, 0) is 19.9 Å². The number of hydrogen-bond donors (Lipinski definition) is 2. The molecular weight excluding hydrogens is 543 g/mol. The molecule has 0 radical (unpaired) electrons. The minimum absolute atomic E-state index is 0.110. The van der Waals surface area contributed by atoms with Gasteiger partial charge in [-0.15, -0.1) is 0 Å². The summed E-state index contributed by atoms with van der Waals surface area (Å²) in [6.07, 6.45) is 4.29.